The molecule has 0 fully saturated rings. The van der Waals surface area contributed by atoms with E-state index in [1.165, 1.54) is 4.90 Å². The Morgan fingerprint density at radius 2 is 1.43 bits per heavy atom. The molecule has 0 saturated carbocycles. The van der Waals surface area contributed by atoms with E-state index < -0.39 is 11.4 Å². The van der Waals surface area contributed by atoms with Crippen LogP contribution >= 0.6 is 11.6 Å². The van der Waals surface area contributed by atoms with Crippen LogP contribution in [0.25, 0.3) is 11.0 Å². The van der Waals surface area contributed by atoms with E-state index in [1.807, 2.05) is 87.5 Å². The molecule has 0 saturated heterocycles. The van der Waals surface area contributed by atoms with Gasteiger partial charge in [0.25, 0.3) is 11.8 Å². The van der Waals surface area contributed by atoms with E-state index >= 15 is 4.79 Å². The minimum absolute atomic E-state index is 0.00876. The van der Waals surface area contributed by atoms with Gasteiger partial charge in [0.2, 0.25) is 5.76 Å². The number of halogens is 1. The summed E-state index contributed by atoms with van der Waals surface area (Å²) in [6.07, 6.45) is 0. The molecule has 6 nitrogen and oxygen atoms in total. The van der Waals surface area contributed by atoms with Gasteiger partial charge in [-0.2, -0.15) is 0 Å². The minimum atomic E-state index is -1.72. The second-order valence-corrected chi connectivity index (χ2v) is 11.5. The topological polar surface area (TPSA) is 70.8 Å². The van der Waals surface area contributed by atoms with Crippen molar-refractivity contribution in [3.05, 3.63) is 145 Å². The number of amides is 2. The Bertz CT molecular complexity index is 2030. The van der Waals surface area contributed by atoms with Crippen LogP contribution in [0.3, 0.4) is 0 Å². The fourth-order valence-electron chi connectivity index (χ4n) is 6.38. The molecule has 4 aromatic carbocycles. The largest absolute Gasteiger partial charge is 0.450 e. The number of rotatable bonds is 4. The number of carbonyl (C=O) groups excluding carboxylic acids is 2. The van der Waals surface area contributed by atoms with Crippen molar-refractivity contribution < 1.29 is 14.0 Å². The van der Waals surface area contributed by atoms with Crippen LogP contribution in [0, 0.1) is 20.8 Å². The van der Waals surface area contributed by atoms with Crippen molar-refractivity contribution in [2.75, 3.05) is 4.90 Å². The lowest BCUT2D eigenvalue weighted by Crippen LogP contribution is -2.53. The van der Waals surface area contributed by atoms with E-state index in [2.05, 4.69) is 0 Å². The molecule has 1 spiro atoms. The van der Waals surface area contributed by atoms with Crippen molar-refractivity contribution in [3.8, 4) is 0 Å². The number of fused-ring (bicyclic) bond motifs is 5. The zero-order valence-corrected chi connectivity index (χ0v) is 24.2. The number of para-hydroxylation sites is 1. The lowest BCUT2D eigenvalue weighted by Gasteiger charge is -2.34. The van der Waals surface area contributed by atoms with Crippen molar-refractivity contribution in [1.82, 2.24) is 4.90 Å². The smallest absolute Gasteiger partial charge is 0.291 e. The Labute approximate surface area is 247 Å². The van der Waals surface area contributed by atoms with Gasteiger partial charge < -0.3 is 14.2 Å². The first kappa shape index (κ1) is 26.2. The predicted molar refractivity (Wildman–Crippen MR) is 163 cm³/mol. The Balaban J connectivity index is 1.54. The second-order valence-electron chi connectivity index (χ2n) is 11.1. The fourth-order valence-corrected chi connectivity index (χ4v) is 6.57. The highest BCUT2D eigenvalue weighted by Crippen LogP contribution is 2.53. The van der Waals surface area contributed by atoms with Gasteiger partial charge in [-0.1, -0.05) is 72.3 Å². The molecule has 3 heterocycles. The molecular formula is C35H27ClN2O4. The summed E-state index contributed by atoms with van der Waals surface area (Å²) in [5.41, 5.74) is 4.00. The van der Waals surface area contributed by atoms with Crippen molar-refractivity contribution in [3.63, 3.8) is 0 Å². The number of hydrogen-bond donors (Lipinski definition) is 0. The predicted octanol–water partition coefficient (Wildman–Crippen LogP) is 6.82. The Morgan fingerprint density at radius 1 is 0.762 bits per heavy atom. The Hall–Kier alpha value is -4.68. The maximum absolute atomic E-state index is 15.0. The van der Waals surface area contributed by atoms with Crippen LogP contribution < -0.4 is 10.3 Å². The van der Waals surface area contributed by atoms with Gasteiger partial charge >= 0.3 is 0 Å². The van der Waals surface area contributed by atoms with Gasteiger partial charge in [0.15, 0.2) is 11.0 Å². The number of anilines is 1. The third-order valence-electron chi connectivity index (χ3n) is 8.73. The molecule has 1 aromatic heterocycles. The highest BCUT2D eigenvalue weighted by atomic mass is 35.5. The standard InChI is InChI=1S/C35H27ClN2O4/c1-20-10-4-5-11-23(20)18-37-28-15-9-7-13-26(28)35(34(37)41)30-31(39)25-16-21(2)22(3)17-29(25)42-32(30)33(40)38(35)19-24-12-6-8-14-27(24)36/h4-17H,18-19H2,1-3H3. The van der Waals surface area contributed by atoms with Gasteiger partial charge in [-0.25, -0.2) is 0 Å². The van der Waals surface area contributed by atoms with Crippen molar-refractivity contribution in [1.29, 1.82) is 0 Å². The molecule has 208 valence electrons. The zero-order valence-electron chi connectivity index (χ0n) is 23.4. The van der Waals surface area contributed by atoms with Crippen LogP contribution in [0.2, 0.25) is 5.02 Å². The number of aryl methyl sites for hydroxylation is 3. The van der Waals surface area contributed by atoms with E-state index in [9.17, 15) is 9.59 Å². The lowest BCUT2D eigenvalue weighted by atomic mass is 9.83. The van der Waals surface area contributed by atoms with Crippen LogP contribution in [0.15, 0.2) is 94.1 Å². The molecule has 0 aliphatic carbocycles. The molecule has 1 atom stereocenters. The molecule has 0 radical (unpaired) electrons. The van der Waals surface area contributed by atoms with Crippen LogP contribution in [0.1, 0.15) is 49.5 Å². The van der Waals surface area contributed by atoms with Gasteiger partial charge in [-0.05, 0) is 72.9 Å². The van der Waals surface area contributed by atoms with Crippen LogP contribution in [0.5, 0.6) is 0 Å². The summed E-state index contributed by atoms with van der Waals surface area (Å²) in [6, 6.07) is 26.0. The monoisotopic (exact) mass is 574 g/mol. The molecule has 5 aromatic rings. The zero-order chi connectivity index (χ0) is 29.3. The summed E-state index contributed by atoms with van der Waals surface area (Å²) in [7, 11) is 0. The molecule has 2 aliphatic heterocycles. The third kappa shape index (κ3) is 3.55. The second kappa shape index (κ2) is 9.43. The molecule has 1 unspecified atom stereocenters. The number of benzene rings is 4. The van der Waals surface area contributed by atoms with Crippen LogP contribution in [0.4, 0.5) is 5.69 Å². The summed E-state index contributed by atoms with van der Waals surface area (Å²) in [5.74, 6) is -1.01. The molecule has 7 heteroatoms. The number of nitrogens with zero attached hydrogens (tertiary/aromatic N) is 2. The first-order chi connectivity index (χ1) is 20.2. The fraction of sp³-hybridized carbons (Fsp3) is 0.171. The van der Waals surface area contributed by atoms with E-state index in [4.69, 9.17) is 16.0 Å². The van der Waals surface area contributed by atoms with Crippen molar-refractivity contribution in [2.45, 2.75) is 39.4 Å². The van der Waals surface area contributed by atoms with Crippen LogP contribution in [-0.4, -0.2) is 16.7 Å². The first-order valence-electron chi connectivity index (χ1n) is 13.8. The van der Waals surface area contributed by atoms with E-state index in [1.54, 1.807) is 23.1 Å². The van der Waals surface area contributed by atoms with Crippen molar-refractivity contribution in [2.24, 2.45) is 0 Å². The molecule has 2 amide bonds. The Kier molecular flexibility index (Phi) is 5.89. The van der Waals surface area contributed by atoms with E-state index in [-0.39, 0.29) is 35.7 Å². The maximum Gasteiger partial charge on any atom is 0.291 e. The molecular weight excluding hydrogens is 548 g/mol. The van der Waals surface area contributed by atoms with Gasteiger partial charge in [0, 0.05) is 17.1 Å². The lowest BCUT2D eigenvalue weighted by molar-refractivity contribution is -0.126. The van der Waals surface area contributed by atoms with Gasteiger partial charge in [0.05, 0.1) is 23.2 Å². The normalized spacial score (nSPS) is 17.4. The molecule has 0 N–H and O–H groups in total. The Morgan fingerprint density at radius 3 is 2.19 bits per heavy atom. The van der Waals surface area contributed by atoms with Gasteiger partial charge in [-0.3, -0.25) is 14.4 Å². The quantitative estimate of drug-likeness (QED) is 0.236. The molecule has 42 heavy (non-hydrogen) atoms. The average molecular weight is 575 g/mol. The molecule has 0 bridgehead atoms. The maximum atomic E-state index is 15.0. The van der Waals surface area contributed by atoms with E-state index in [0.717, 1.165) is 22.3 Å². The van der Waals surface area contributed by atoms with Gasteiger partial charge in [0.1, 0.15) is 5.58 Å². The average Bonchev–Trinajstić information content (AvgIpc) is 3.37. The first-order valence-corrected chi connectivity index (χ1v) is 14.2. The van der Waals surface area contributed by atoms with Crippen LogP contribution in [-0.2, 0) is 23.4 Å². The summed E-state index contributed by atoms with van der Waals surface area (Å²) < 4.78 is 6.26. The minimum Gasteiger partial charge on any atom is -0.450 e. The highest BCUT2D eigenvalue weighted by molar-refractivity contribution is 6.31. The number of carbonyl (C=O) groups is 2. The molecule has 7 rings (SSSR count). The summed E-state index contributed by atoms with van der Waals surface area (Å²) in [6.45, 7) is 6.14. The highest BCUT2D eigenvalue weighted by Gasteiger charge is 2.65. The number of hydrogen-bond acceptors (Lipinski definition) is 4. The van der Waals surface area contributed by atoms with Gasteiger partial charge in [-0.15, -0.1) is 0 Å². The third-order valence-corrected chi connectivity index (χ3v) is 9.10. The summed E-state index contributed by atoms with van der Waals surface area (Å²) in [4.78, 5) is 47.1. The SMILES string of the molecule is Cc1cc2oc3c(c(=O)c2cc1C)C1(C(=O)N(Cc2ccccc2C)c2ccccc21)N(Cc1ccccc1Cl)C3=O. The van der Waals surface area contributed by atoms with Crippen molar-refractivity contribution >= 4 is 40.1 Å². The molecule has 2 aliphatic rings. The summed E-state index contributed by atoms with van der Waals surface area (Å²) in [5, 5.41) is 0.800. The van der Waals surface area contributed by atoms with E-state index in [0.29, 0.717) is 32.8 Å². The summed E-state index contributed by atoms with van der Waals surface area (Å²) >= 11 is 6.58.